The molecule has 0 radical (unpaired) electrons. The zero-order valence-corrected chi connectivity index (χ0v) is 14.3. The Kier molecular flexibility index (Phi) is 5.01. The molecule has 0 fully saturated rings. The Bertz CT molecular complexity index is 874. The molecule has 124 valence electrons. The van der Waals surface area contributed by atoms with Gasteiger partial charge >= 0.3 is 0 Å². The van der Waals surface area contributed by atoms with E-state index < -0.39 is 0 Å². The van der Waals surface area contributed by atoms with Gasteiger partial charge in [-0.2, -0.15) is 5.10 Å². The van der Waals surface area contributed by atoms with Gasteiger partial charge in [0.25, 0.3) is 0 Å². The molecule has 6 heteroatoms. The molecule has 0 aliphatic rings. The van der Waals surface area contributed by atoms with Crippen LogP contribution in [0, 0.1) is 0 Å². The second-order valence-corrected chi connectivity index (χ2v) is 5.61. The average molecular weight is 344 g/mol. The van der Waals surface area contributed by atoms with Crippen molar-refractivity contribution in [1.29, 1.82) is 0 Å². The van der Waals surface area contributed by atoms with Crippen LogP contribution in [-0.2, 0) is 0 Å². The van der Waals surface area contributed by atoms with Crippen LogP contribution in [0.25, 0.3) is 11.0 Å². The molecule has 0 saturated carbocycles. The predicted molar refractivity (Wildman–Crippen MR) is 96.5 cm³/mol. The third-order valence-electron chi connectivity index (χ3n) is 3.47. The van der Waals surface area contributed by atoms with Crippen molar-refractivity contribution in [3.63, 3.8) is 0 Å². The first-order chi connectivity index (χ1) is 11.7. The van der Waals surface area contributed by atoms with Gasteiger partial charge < -0.3 is 9.47 Å². The average Bonchev–Trinajstić information content (AvgIpc) is 3.02. The molecule has 0 amide bonds. The van der Waals surface area contributed by atoms with E-state index in [9.17, 15) is 0 Å². The van der Waals surface area contributed by atoms with Crippen molar-refractivity contribution < 1.29 is 9.47 Å². The lowest BCUT2D eigenvalue weighted by atomic mass is 10.2. The second kappa shape index (κ2) is 7.36. The standard InChI is InChI=1S/C18H18ClN3O2/c1-3-8-24-18-14(19)9-13(10-17(18)23-2)11-21-22-12-20-15-6-4-5-7-16(15)22/h4-7,9-12H,3,8H2,1-2H3/b21-11-. The number of benzene rings is 2. The molecule has 0 unspecified atom stereocenters. The number of nitrogens with zero attached hydrogens (tertiary/aromatic N) is 3. The maximum absolute atomic E-state index is 6.32. The van der Waals surface area contributed by atoms with Crippen LogP contribution in [0.4, 0.5) is 0 Å². The number of aromatic nitrogens is 2. The highest BCUT2D eigenvalue weighted by Gasteiger charge is 2.11. The zero-order valence-electron chi connectivity index (χ0n) is 13.6. The van der Waals surface area contributed by atoms with Crippen molar-refractivity contribution >= 4 is 28.8 Å². The third-order valence-corrected chi connectivity index (χ3v) is 3.75. The van der Waals surface area contributed by atoms with Crippen LogP contribution in [0.5, 0.6) is 11.5 Å². The Hall–Kier alpha value is -2.53. The summed E-state index contributed by atoms with van der Waals surface area (Å²) >= 11 is 6.32. The van der Waals surface area contributed by atoms with E-state index in [1.54, 1.807) is 30.4 Å². The van der Waals surface area contributed by atoms with E-state index in [0.717, 1.165) is 23.0 Å². The van der Waals surface area contributed by atoms with Crippen LogP contribution in [0.15, 0.2) is 47.8 Å². The summed E-state index contributed by atoms with van der Waals surface area (Å²) in [5.41, 5.74) is 2.65. The van der Waals surface area contributed by atoms with E-state index in [1.807, 2.05) is 37.3 Å². The summed E-state index contributed by atoms with van der Waals surface area (Å²) in [6.45, 7) is 2.63. The van der Waals surface area contributed by atoms with Crippen molar-refractivity contribution in [3.8, 4) is 11.5 Å². The molecule has 0 spiro atoms. The largest absolute Gasteiger partial charge is 0.493 e. The molecule has 24 heavy (non-hydrogen) atoms. The van der Waals surface area contributed by atoms with Gasteiger partial charge in [0.15, 0.2) is 11.5 Å². The number of ether oxygens (including phenoxy) is 2. The van der Waals surface area contributed by atoms with Crippen LogP contribution >= 0.6 is 11.6 Å². The van der Waals surface area contributed by atoms with Gasteiger partial charge in [-0.1, -0.05) is 30.7 Å². The molecule has 2 aromatic carbocycles. The van der Waals surface area contributed by atoms with Gasteiger partial charge in [0, 0.05) is 0 Å². The minimum absolute atomic E-state index is 0.500. The Morgan fingerprint density at radius 3 is 2.92 bits per heavy atom. The van der Waals surface area contributed by atoms with Crippen LogP contribution in [0.3, 0.4) is 0 Å². The summed E-state index contributed by atoms with van der Waals surface area (Å²) in [5.74, 6) is 1.15. The molecule has 0 aliphatic heterocycles. The van der Waals surface area contributed by atoms with Crippen molar-refractivity contribution in [2.24, 2.45) is 5.10 Å². The number of hydrogen-bond donors (Lipinski definition) is 0. The molecule has 3 rings (SSSR count). The third kappa shape index (κ3) is 3.36. The molecule has 0 bridgehead atoms. The van der Waals surface area contributed by atoms with Gasteiger partial charge in [-0.3, -0.25) is 0 Å². The lowest BCUT2D eigenvalue weighted by molar-refractivity contribution is 0.294. The van der Waals surface area contributed by atoms with E-state index in [4.69, 9.17) is 21.1 Å². The Balaban J connectivity index is 1.91. The smallest absolute Gasteiger partial charge is 0.179 e. The van der Waals surface area contributed by atoms with Crippen molar-refractivity contribution in [1.82, 2.24) is 9.66 Å². The van der Waals surface area contributed by atoms with Gasteiger partial charge in [-0.15, -0.1) is 0 Å². The van der Waals surface area contributed by atoms with Gasteiger partial charge in [-0.05, 0) is 36.2 Å². The van der Waals surface area contributed by atoms with Crippen LogP contribution in [-0.4, -0.2) is 29.6 Å². The number of para-hydroxylation sites is 2. The fourth-order valence-corrected chi connectivity index (χ4v) is 2.60. The monoisotopic (exact) mass is 343 g/mol. The Morgan fingerprint density at radius 2 is 2.12 bits per heavy atom. The minimum atomic E-state index is 0.500. The Morgan fingerprint density at radius 1 is 1.29 bits per heavy atom. The van der Waals surface area contributed by atoms with E-state index >= 15 is 0 Å². The van der Waals surface area contributed by atoms with Crippen molar-refractivity contribution in [2.75, 3.05) is 13.7 Å². The van der Waals surface area contributed by atoms with Gasteiger partial charge in [0.1, 0.15) is 6.33 Å². The van der Waals surface area contributed by atoms with Gasteiger partial charge in [-0.25, -0.2) is 9.66 Å². The number of hydrogen-bond acceptors (Lipinski definition) is 4. The second-order valence-electron chi connectivity index (χ2n) is 5.20. The molecular formula is C18H18ClN3O2. The van der Waals surface area contributed by atoms with E-state index in [1.165, 1.54) is 0 Å². The highest BCUT2D eigenvalue weighted by atomic mass is 35.5. The summed E-state index contributed by atoms with van der Waals surface area (Å²) in [7, 11) is 1.59. The molecule has 1 aromatic heterocycles. The Labute approximate surface area is 145 Å². The van der Waals surface area contributed by atoms with Crippen molar-refractivity contribution in [2.45, 2.75) is 13.3 Å². The maximum atomic E-state index is 6.32. The van der Waals surface area contributed by atoms with Crippen LogP contribution in [0.2, 0.25) is 5.02 Å². The van der Waals surface area contributed by atoms with Crippen LogP contribution < -0.4 is 9.47 Å². The predicted octanol–water partition coefficient (Wildman–Crippen LogP) is 4.37. The molecule has 3 aromatic rings. The van der Waals surface area contributed by atoms with Gasteiger partial charge in [0.05, 0.1) is 36.0 Å². The first-order valence-corrected chi connectivity index (χ1v) is 8.07. The van der Waals surface area contributed by atoms with Crippen molar-refractivity contribution in [3.05, 3.63) is 53.3 Å². The highest BCUT2D eigenvalue weighted by molar-refractivity contribution is 6.32. The molecule has 5 nitrogen and oxygen atoms in total. The summed E-state index contributed by atoms with van der Waals surface area (Å²) < 4.78 is 12.8. The SMILES string of the molecule is CCCOc1c(Cl)cc(/C=N\n2cnc3ccccc32)cc1OC. The number of fused-ring (bicyclic) bond motifs is 1. The fourth-order valence-electron chi connectivity index (χ4n) is 2.33. The number of rotatable bonds is 6. The van der Waals surface area contributed by atoms with Crippen LogP contribution in [0.1, 0.15) is 18.9 Å². The van der Waals surface area contributed by atoms with Gasteiger partial charge in [0.2, 0.25) is 0 Å². The van der Waals surface area contributed by atoms with E-state index in [0.29, 0.717) is 23.1 Å². The fraction of sp³-hybridized carbons (Fsp3) is 0.222. The first kappa shape index (κ1) is 16.3. The summed E-state index contributed by atoms with van der Waals surface area (Å²) in [6.07, 6.45) is 4.29. The molecule has 0 saturated heterocycles. The molecular weight excluding hydrogens is 326 g/mol. The first-order valence-electron chi connectivity index (χ1n) is 7.69. The zero-order chi connectivity index (χ0) is 16.9. The quantitative estimate of drug-likeness (QED) is 0.624. The molecule has 1 heterocycles. The summed E-state index contributed by atoms with van der Waals surface area (Å²) in [4.78, 5) is 4.31. The maximum Gasteiger partial charge on any atom is 0.179 e. The number of imidazole rings is 1. The molecule has 0 N–H and O–H groups in total. The molecule has 0 atom stereocenters. The topological polar surface area (TPSA) is 48.6 Å². The minimum Gasteiger partial charge on any atom is -0.493 e. The summed E-state index contributed by atoms with van der Waals surface area (Å²) in [6, 6.07) is 11.5. The van der Waals surface area contributed by atoms with E-state index in [2.05, 4.69) is 10.1 Å². The van der Waals surface area contributed by atoms with E-state index in [-0.39, 0.29) is 0 Å². The number of methoxy groups -OCH3 is 1. The normalized spacial score (nSPS) is 11.3. The summed E-state index contributed by atoms with van der Waals surface area (Å²) in [5, 5.41) is 4.95. The number of halogens is 1. The highest BCUT2D eigenvalue weighted by Crippen LogP contribution is 2.36. The lowest BCUT2D eigenvalue weighted by Gasteiger charge is -2.12. The lowest BCUT2D eigenvalue weighted by Crippen LogP contribution is -2.00. The molecule has 0 aliphatic carbocycles.